The zero-order chi connectivity index (χ0) is 13.9. The first kappa shape index (κ1) is 12.4. The van der Waals surface area contributed by atoms with E-state index in [0.717, 1.165) is 22.6 Å². The maximum Gasteiger partial charge on any atom is 0.230 e. The van der Waals surface area contributed by atoms with Crippen LogP contribution in [-0.2, 0) is 11.2 Å². The van der Waals surface area contributed by atoms with Crippen LogP contribution in [0.1, 0.15) is 11.3 Å². The summed E-state index contributed by atoms with van der Waals surface area (Å²) >= 11 is 0. The Morgan fingerprint density at radius 1 is 1.25 bits per heavy atom. The van der Waals surface area contributed by atoms with Crippen LogP contribution >= 0.6 is 0 Å². The molecule has 0 fully saturated rings. The van der Waals surface area contributed by atoms with Gasteiger partial charge in [-0.25, -0.2) is 4.98 Å². The van der Waals surface area contributed by atoms with Gasteiger partial charge in [0.1, 0.15) is 5.65 Å². The van der Waals surface area contributed by atoms with E-state index in [2.05, 4.69) is 10.3 Å². The zero-order valence-electron chi connectivity index (χ0n) is 11.2. The number of aromatic nitrogens is 2. The number of amides is 1. The number of nitrogens with one attached hydrogen (secondary N) is 1. The van der Waals surface area contributed by atoms with E-state index >= 15 is 0 Å². The maximum absolute atomic E-state index is 12.0. The number of pyridine rings is 1. The number of anilines is 1. The quantitative estimate of drug-likeness (QED) is 0.791. The molecule has 100 valence electrons. The fraction of sp³-hybridized carbons (Fsp3) is 0.125. The van der Waals surface area contributed by atoms with Crippen molar-refractivity contribution in [3.63, 3.8) is 0 Å². The second-order valence-corrected chi connectivity index (χ2v) is 4.79. The van der Waals surface area contributed by atoms with Crippen molar-refractivity contribution in [1.29, 1.82) is 0 Å². The minimum atomic E-state index is -0.0590. The molecule has 20 heavy (non-hydrogen) atoms. The largest absolute Gasteiger partial charge is 0.326 e. The summed E-state index contributed by atoms with van der Waals surface area (Å²) in [5.41, 5.74) is 3.59. The molecule has 2 heterocycles. The van der Waals surface area contributed by atoms with Crippen molar-refractivity contribution in [3.05, 3.63) is 66.1 Å². The van der Waals surface area contributed by atoms with Gasteiger partial charge in [0.25, 0.3) is 0 Å². The molecule has 1 N–H and O–H groups in total. The lowest BCUT2D eigenvalue weighted by molar-refractivity contribution is -0.115. The van der Waals surface area contributed by atoms with Crippen LogP contribution in [0.4, 0.5) is 5.69 Å². The zero-order valence-corrected chi connectivity index (χ0v) is 11.2. The molecule has 1 aromatic carbocycles. The number of hydrogen-bond donors (Lipinski definition) is 1. The molecule has 2 aromatic heterocycles. The molecule has 0 atom stereocenters. The smallest absolute Gasteiger partial charge is 0.230 e. The van der Waals surface area contributed by atoms with Crippen molar-refractivity contribution in [1.82, 2.24) is 9.38 Å². The molecule has 4 heteroatoms. The maximum atomic E-state index is 12.0. The highest BCUT2D eigenvalue weighted by Gasteiger charge is 2.08. The molecule has 4 nitrogen and oxygen atoms in total. The number of nitrogens with zero attached hydrogens (tertiary/aromatic N) is 2. The van der Waals surface area contributed by atoms with Gasteiger partial charge >= 0.3 is 0 Å². The summed E-state index contributed by atoms with van der Waals surface area (Å²) in [6.07, 6.45) is 4.12. The number of carbonyl (C=O) groups is 1. The van der Waals surface area contributed by atoms with E-state index in [1.165, 1.54) is 0 Å². The van der Waals surface area contributed by atoms with E-state index in [1.807, 2.05) is 66.2 Å². The van der Waals surface area contributed by atoms with Crippen LogP contribution < -0.4 is 5.32 Å². The Hall–Kier alpha value is -2.62. The number of fused-ring (bicyclic) bond motifs is 1. The van der Waals surface area contributed by atoms with E-state index in [0.29, 0.717) is 0 Å². The summed E-state index contributed by atoms with van der Waals surface area (Å²) in [7, 11) is 0. The molecule has 0 bridgehead atoms. The molecule has 1 amide bonds. The van der Waals surface area contributed by atoms with Gasteiger partial charge in [0.2, 0.25) is 5.91 Å². The summed E-state index contributed by atoms with van der Waals surface area (Å²) in [6, 6.07) is 13.4. The van der Waals surface area contributed by atoms with E-state index in [-0.39, 0.29) is 12.3 Å². The first-order valence-corrected chi connectivity index (χ1v) is 6.50. The second-order valence-electron chi connectivity index (χ2n) is 4.79. The van der Waals surface area contributed by atoms with Gasteiger partial charge in [-0.1, -0.05) is 18.2 Å². The summed E-state index contributed by atoms with van der Waals surface area (Å²) in [6.45, 7) is 2.02. The molecule has 0 aliphatic carbocycles. The second kappa shape index (κ2) is 5.17. The van der Waals surface area contributed by atoms with Crippen LogP contribution in [0.5, 0.6) is 0 Å². The van der Waals surface area contributed by atoms with Gasteiger partial charge in [0.05, 0.1) is 12.1 Å². The van der Waals surface area contributed by atoms with Crippen molar-refractivity contribution in [2.75, 3.05) is 5.32 Å². The molecule has 0 aliphatic rings. The molecule has 0 spiro atoms. The van der Waals surface area contributed by atoms with Gasteiger partial charge in [-0.2, -0.15) is 0 Å². The lowest BCUT2D eigenvalue weighted by Crippen LogP contribution is -2.14. The summed E-state index contributed by atoms with van der Waals surface area (Å²) < 4.78 is 1.93. The average molecular weight is 265 g/mol. The molecule has 3 rings (SSSR count). The normalized spacial score (nSPS) is 10.7. The predicted octanol–water partition coefficient (Wildman–Crippen LogP) is 2.82. The SMILES string of the molecule is Cc1ccn2cc(CC(=O)Nc3ccccc3)nc2c1. The molecule has 0 saturated carbocycles. The highest BCUT2D eigenvalue weighted by Crippen LogP contribution is 2.10. The highest BCUT2D eigenvalue weighted by molar-refractivity contribution is 5.92. The number of para-hydroxylation sites is 1. The van der Waals surface area contributed by atoms with Gasteiger partial charge in [0.15, 0.2) is 0 Å². The molecule has 0 aliphatic heterocycles. The van der Waals surface area contributed by atoms with Crippen LogP contribution in [0.25, 0.3) is 5.65 Å². The van der Waals surface area contributed by atoms with Gasteiger partial charge in [-0.3, -0.25) is 4.79 Å². The first-order valence-electron chi connectivity index (χ1n) is 6.50. The number of benzene rings is 1. The fourth-order valence-electron chi connectivity index (χ4n) is 2.11. The Morgan fingerprint density at radius 2 is 2.05 bits per heavy atom. The Labute approximate surface area is 117 Å². The minimum Gasteiger partial charge on any atom is -0.326 e. The van der Waals surface area contributed by atoms with Crippen molar-refractivity contribution >= 4 is 17.2 Å². The van der Waals surface area contributed by atoms with E-state index < -0.39 is 0 Å². The first-order chi connectivity index (χ1) is 9.70. The summed E-state index contributed by atoms with van der Waals surface area (Å²) in [5, 5.41) is 2.86. The Morgan fingerprint density at radius 3 is 2.85 bits per heavy atom. The lowest BCUT2D eigenvalue weighted by atomic mass is 10.3. The Kier molecular flexibility index (Phi) is 3.21. The van der Waals surface area contributed by atoms with Gasteiger partial charge in [0, 0.05) is 18.1 Å². The fourth-order valence-corrected chi connectivity index (χ4v) is 2.11. The molecule has 0 saturated heterocycles. The van der Waals surface area contributed by atoms with E-state index in [4.69, 9.17) is 0 Å². The minimum absolute atomic E-state index is 0.0590. The average Bonchev–Trinajstić information content (AvgIpc) is 2.80. The van der Waals surface area contributed by atoms with Crippen LogP contribution in [0.2, 0.25) is 0 Å². The van der Waals surface area contributed by atoms with E-state index in [9.17, 15) is 4.79 Å². The molecule has 3 aromatic rings. The van der Waals surface area contributed by atoms with Crippen LogP contribution in [0.15, 0.2) is 54.9 Å². The number of aryl methyl sites for hydroxylation is 1. The van der Waals surface area contributed by atoms with Crippen molar-refractivity contribution < 1.29 is 4.79 Å². The Bertz CT molecular complexity index is 747. The van der Waals surface area contributed by atoms with Gasteiger partial charge < -0.3 is 9.72 Å². The predicted molar refractivity (Wildman–Crippen MR) is 78.7 cm³/mol. The van der Waals surface area contributed by atoms with Crippen molar-refractivity contribution in [3.8, 4) is 0 Å². The third kappa shape index (κ3) is 2.69. The van der Waals surface area contributed by atoms with Crippen LogP contribution in [-0.4, -0.2) is 15.3 Å². The van der Waals surface area contributed by atoms with Crippen molar-refractivity contribution in [2.45, 2.75) is 13.3 Å². The van der Waals surface area contributed by atoms with Crippen molar-refractivity contribution in [2.24, 2.45) is 0 Å². The molecular formula is C16H15N3O. The monoisotopic (exact) mass is 265 g/mol. The number of hydrogen-bond acceptors (Lipinski definition) is 2. The number of rotatable bonds is 3. The standard InChI is InChI=1S/C16H15N3O/c1-12-7-8-19-11-14(17-15(19)9-12)10-16(20)18-13-5-3-2-4-6-13/h2-9,11H,10H2,1H3,(H,18,20). The summed E-state index contributed by atoms with van der Waals surface area (Å²) in [4.78, 5) is 16.4. The number of imidazole rings is 1. The van der Waals surface area contributed by atoms with Crippen LogP contribution in [0.3, 0.4) is 0 Å². The molecule has 0 radical (unpaired) electrons. The third-order valence-electron chi connectivity index (χ3n) is 3.06. The van der Waals surface area contributed by atoms with Gasteiger partial charge in [-0.05, 0) is 36.8 Å². The summed E-state index contributed by atoms with van der Waals surface area (Å²) in [5.74, 6) is -0.0590. The lowest BCUT2D eigenvalue weighted by Gasteiger charge is -2.02. The molecular weight excluding hydrogens is 250 g/mol. The van der Waals surface area contributed by atoms with E-state index in [1.54, 1.807) is 0 Å². The third-order valence-corrected chi connectivity index (χ3v) is 3.06. The van der Waals surface area contributed by atoms with Crippen LogP contribution in [0, 0.1) is 6.92 Å². The molecule has 0 unspecified atom stereocenters. The number of carbonyl (C=O) groups excluding carboxylic acids is 1. The van der Waals surface area contributed by atoms with Gasteiger partial charge in [-0.15, -0.1) is 0 Å². The topological polar surface area (TPSA) is 46.4 Å². The highest BCUT2D eigenvalue weighted by atomic mass is 16.1. The Balaban J connectivity index is 1.74.